The number of aromatic nitrogens is 5. The first kappa shape index (κ1) is 17.2. The van der Waals surface area contributed by atoms with Crippen LogP contribution in [0.25, 0.3) is 23.0 Å². The quantitative estimate of drug-likeness (QED) is 0.623. The second-order valence-corrected chi connectivity index (χ2v) is 7.29. The van der Waals surface area contributed by atoms with Gasteiger partial charge in [0.2, 0.25) is 0 Å². The summed E-state index contributed by atoms with van der Waals surface area (Å²) in [6, 6.07) is 0. The lowest BCUT2D eigenvalue weighted by atomic mass is 9.99. The van der Waals surface area contributed by atoms with Crippen LogP contribution >= 0.6 is 23.2 Å². The highest BCUT2D eigenvalue weighted by atomic mass is 35.5. The van der Waals surface area contributed by atoms with Crippen molar-refractivity contribution in [3.63, 3.8) is 0 Å². The summed E-state index contributed by atoms with van der Waals surface area (Å²) >= 11 is 13.0. The van der Waals surface area contributed by atoms with Crippen molar-refractivity contribution in [3.05, 3.63) is 41.0 Å². The SMILES string of the molecule is C=Cc1cnn2c(N3CCC(C)CC3)c(-c3ncncc3Cl)c(Cl)nc12. The molecule has 3 aromatic heterocycles. The number of hydrogen-bond donors (Lipinski definition) is 0. The molecule has 1 fully saturated rings. The van der Waals surface area contributed by atoms with Gasteiger partial charge in [0.05, 0.1) is 22.5 Å². The molecule has 0 aromatic carbocycles. The van der Waals surface area contributed by atoms with Crippen molar-refractivity contribution in [3.8, 4) is 11.3 Å². The fraction of sp³-hybridized carbons (Fsp3) is 0.333. The van der Waals surface area contributed by atoms with Crippen molar-refractivity contribution in [2.24, 2.45) is 5.92 Å². The zero-order valence-electron chi connectivity index (χ0n) is 14.4. The fourth-order valence-electron chi connectivity index (χ4n) is 3.33. The Morgan fingerprint density at radius 3 is 2.69 bits per heavy atom. The van der Waals surface area contributed by atoms with E-state index in [1.165, 1.54) is 6.33 Å². The maximum Gasteiger partial charge on any atom is 0.166 e. The molecule has 0 amide bonds. The van der Waals surface area contributed by atoms with Gasteiger partial charge in [0.25, 0.3) is 0 Å². The topological polar surface area (TPSA) is 59.2 Å². The van der Waals surface area contributed by atoms with E-state index in [-0.39, 0.29) is 0 Å². The maximum absolute atomic E-state index is 6.62. The molecule has 1 saturated heterocycles. The monoisotopic (exact) mass is 388 g/mol. The summed E-state index contributed by atoms with van der Waals surface area (Å²) < 4.78 is 1.81. The Bertz CT molecular complexity index is 975. The molecule has 134 valence electrons. The van der Waals surface area contributed by atoms with E-state index in [1.807, 2.05) is 4.52 Å². The van der Waals surface area contributed by atoms with E-state index < -0.39 is 0 Å². The normalized spacial score (nSPS) is 15.6. The standard InChI is InChI=1S/C18H18Cl2N6/c1-3-12-8-23-26-17(12)24-16(20)14(15-13(19)9-21-10-22-15)18(26)25-6-4-11(2)5-7-25/h3,8-11H,1,4-7H2,2H3. The van der Waals surface area contributed by atoms with Crippen LogP contribution in [0.3, 0.4) is 0 Å². The highest BCUT2D eigenvalue weighted by Crippen LogP contribution is 2.40. The third-order valence-electron chi connectivity index (χ3n) is 4.81. The number of anilines is 1. The van der Waals surface area contributed by atoms with Crippen LogP contribution in [0.15, 0.2) is 25.3 Å². The number of rotatable bonds is 3. The molecule has 0 spiro atoms. The number of nitrogens with zero attached hydrogens (tertiary/aromatic N) is 6. The summed E-state index contributed by atoms with van der Waals surface area (Å²) in [7, 11) is 0. The van der Waals surface area contributed by atoms with Gasteiger partial charge in [-0.15, -0.1) is 0 Å². The summed E-state index contributed by atoms with van der Waals surface area (Å²) in [6.45, 7) is 7.94. The molecule has 0 atom stereocenters. The molecule has 3 aromatic rings. The molecule has 0 bridgehead atoms. The fourth-order valence-corrected chi connectivity index (χ4v) is 3.78. The van der Waals surface area contributed by atoms with Gasteiger partial charge in [0.1, 0.15) is 17.3 Å². The van der Waals surface area contributed by atoms with E-state index in [2.05, 4.69) is 38.5 Å². The lowest BCUT2D eigenvalue weighted by Gasteiger charge is -2.33. The molecule has 4 heterocycles. The van der Waals surface area contributed by atoms with E-state index in [0.29, 0.717) is 33.0 Å². The van der Waals surface area contributed by atoms with Crippen LogP contribution < -0.4 is 4.90 Å². The van der Waals surface area contributed by atoms with Crippen LogP contribution in [0.1, 0.15) is 25.3 Å². The predicted octanol–water partition coefficient (Wildman–Crippen LogP) is 4.37. The van der Waals surface area contributed by atoms with E-state index >= 15 is 0 Å². The molecule has 0 unspecified atom stereocenters. The molecule has 0 aliphatic carbocycles. The van der Waals surface area contributed by atoms with Crippen LogP contribution in [0.2, 0.25) is 10.2 Å². The Morgan fingerprint density at radius 2 is 2.00 bits per heavy atom. The molecular formula is C18H18Cl2N6. The highest BCUT2D eigenvalue weighted by molar-refractivity contribution is 6.36. The first-order valence-electron chi connectivity index (χ1n) is 8.50. The smallest absolute Gasteiger partial charge is 0.166 e. The van der Waals surface area contributed by atoms with Crippen LogP contribution in [-0.2, 0) is 0 Å². The summed E-state index contributed by atoms with van der Waals surface area (Å²) in [6.07, 6.45) is 8.70. The van der Waals surface area contributed by atoms with Gasteiger partial charge < -0.3 is 4.90 Å². The molecule has 4 rings (SSSR count). The van der Waals surface area contributed by atoms with Crippen molar-refractivity contribution in [1.82, 2.24) is 24.6 Å². The molecule has 0 N–H and O–H groups in total. The predicted molar refractivity (Wildman–Crippen MR) is 105 cm³/mol. The largest absolute Gasteiger partial charge is 0.356 e. The van der Waals surface area contributed by atoms with Crippen LogP contribution in [0.4, 0.5) is 5.82 Å². The minimum absolute atomic E-state index is 0.343. The molecular weight excluding hydrogens is 371 g/mol. The summed E-state index contributed by atoms with van der Waals surface area (Å²) in [4.78, 5) is 15.2. The van der Waals surface area contributed by atoms with E-state index in [4.69, 9.17) is 23.2 Å². The zero-order valence-corrected chi connectivity index (χ0v) is 15.9. The Morgan fingerprint density at radius 1 is 1.23 bits per heavy atom. The van der Waals surface area contributed by atoms with Crippen LogP contribution in [0, 0.1) is 5.92 Å². The van der Waals surface area contributed by atoms with Crippen molar-refractivity contribution in [2.45, 2.75) is 19.8 Å². The molecule has 26 heavy (non-hydrogen) atoms. The van der Waals surface area contributed by atoms with Gasteiger partial charge in [-0.05, 0) is 18.8 Å². The Hall–Kier alpha value is -2.18. The Kier molecular flexibility index (Phi) is 4.54. The zero-order chi connectivity index (χ0) is 18.3. The number of fused-ring (bicyclic) bond motifs is 1. The van der Waals surface area contributed by atoms with Gasteiger partial charge in [-0.1, -0.05) is 42.8 Å². The summed E-state index contributed by atoms with van der Waals surface area (Å²) in [5.74, 6) is 1.56. The van der Waals surface area contributed by atoms with Crippen molar-refractivity contribution >= 4 is 40.7 Å². The molecule has 1 aliphatic heterocycles. The second kappa shape index (κ2) is 6.85. The number of piperidine rings is 1. The average Bonchev–Trinajstić information content (AvgIpc) is 3.04. The lowest BCUT2D eigenvalue weighted by Crippen LogP contribution is -2.35. The van der Waals surface area contributed by atoms with Crippen molar-refractivity contribution in [2.75, 3.05) is 18.0 Å². The maximum atomic E-state index is 6.62. The molecule has 8 heteroatoms. The van der Waals surface area contributed by atoms with Gasteiger partial charge >= 0.3 is 0 Å². The first-order valence-corrected chi connectivity index (χ1v) is 9.26. The van der Waals surface area contributed by atoms with E-state index in [9.17, 15) is 0 Å². The molecule has 0 radical (unpaired) electrons. The van der Waals surface area contributed by atoms with Gasteiger partial charge in [-0.25, -0.2) is 15.0 Å². The second-order valence-electron chi connectivity index (χ2n) is 6.53. The summed E-state index contributed by atoms with van der Waals surface area (Å²) in [5, 5.41) is 5.31. The van der Waals surface area contributed by atoms with Gasteiger partial charge in [0, 0.05) is 24.8 Å². The van der Waals surface area contributed by atoms with Gasteiger partial charge in [-0.3, -0.25) is 0 Å². The third-order valence-corrected chi connectivity index (χ3v) is 5.36. The van der Waals surface area contributed by atoms with E-state index in [0.717, 1.165) is 37.3 Å². The summed E-state index contributed by atoms with van der Waals surface area (Å²) in [5.41, 5.74) is 2.75. The first-order chi connectivity index (χ1) is 12.6. The Balaban J connectivity index is 2.01. The molecule has 6 nitrogen and oxygen atoms in total. The number of halogens is 2. The number of hydrogen-bond acceptors (Lipinski definition) is 5. The van der Waals surface area contributed by atoms with Gasteiger partial charge in [0.15, 0.2) is 5.65 Å². The van der Waals surface area contributed by atoms with E-state index in [1.54, 1.807) is 18.5 Å². The van der Waals surface area contributed by atoms with Crippen LogP contribution in [0.5, 0.6) is 0 Å². The van der Waals surface area contributed by atoms with Crippen LogP contribution in [-0.4, -0.2) is 37.7 Å². The average molecular weight is 389 g/mol. The minimum atomic E-state index is 0.343. The third kappa shape index (κ3) is 2.83. The molecule has 1 aliphatic rings. The van der Waals surface area contributed by atoms with Crippen molar-refractivity contribution in [1.29, 1.82) is 0 Å². The van der Waals surface area contributed by atoms with Crippen molar-refractivity contribution < 1.29 is 0 Å². The van der Waals surface area contributed by atoms with Gasteiger partial charge in [-0.2, -0.15) is 9.61 Å². The lowest BCUT2D eigenvalue weighted by molar-refractivity contribution is 0.435. The Labute approximate surface area is 161 Å². The highest BCUT2D eigenvalue weighted by Gasteiger charge is 2.27. The molecule has 0 saturated carbocycles. The minimum Gasteiger partial charge on any atom is -0.356 e.